The average molecular weight is 220 g/mol. The highest BCUT2D eigenvalue weighted by molar-refractivity contribution is 5.49. The molecular weight excluding hydrogens is 204 g/mol. The highest BCUT2D eigenvalue weighted by Crippen LogP contribution is 2.09. The maximum atomic E-state index is 9.42. The Morgan fingerprint density at radius 2 is 2.38 bits per heavy atom. The van der Waals surface area contributed by atoms with Crippen LogP contribution in [0.25, 0.3) is 5.65 Å². The van der Waals surface area contributed by atoms with E-state index < -0.39 is 0 Å². The summed E-state index contributed by atoms with van der Waals surface area (Å²) in [6, 6.07) is 3.93. The number of fused-ring (bicyclic) bond motifs is 1. The van der Waals surface area contributed by atoms with Crippen molar-refractivity contribution in [1.82, 2.24) is 14.6 Å². The zero-order valence-corrected chi connectivity index (χ0v) is 9.51. The number of aromatic nitrogens is 3. The lowest BCUT2D eigenvalue weighted by atomic mass is 10.3. The minimum Gasteiger partial charge on any atom is -0.391 e. The molecular formula is C11H16N4O. The molecule has 2 aromatic rings. The molecule has 16 heavy (non-hydrogen) atoms. The van der Waals surface area contributed by atoms with Crippen molar-refractivity contribution < 1.29 is 5.11 Å². The number of pyridine rings is 1. The standard InChI is InChI=1S/C11H16N4O/c1-3-9(16)7-12-11-13-10-8(2)5-4-6-15(10)14-11/h4-6,9,16H,3,7H2,1-2H3,(H,12,14). The largest absolute Gasteiger partial charge is 0.391 e. The number of hydrogen-bond donors (Lipinski definition) is 2. The summed E-state index contributed by atoms with van der Waals surface area (Å²) in [5, 5.41) is 16.7. The topological polar surface area (TPSA) is 62.5 Å². The molecule has 5 heteroatoms. The first-order valence-corrected chi connectivity index (χ1v) is 5.44. The van der Waals surface area contributed by atoms with Crippen molar-refractivity contribution in [3.8, 4) is 0 Å². The van der Waals surface area contributed by atoms with Gasteiger partial charge in [-0.2, -0.15) is 4.98 Å². The maximum absolute atomic E-state index is 9.42. The van der Waals surface area contributed by atoms with Crippen LogP contribution < -0.4 is 5.32 Å². The van der Waals surface area contributed by atoms with Gasteiger partial charge in [0, 0.05) is 12.7 Å². The van der Waals surface area contributed by atoms with E-state index in [1.807, 2.05) is 32.2 Å². The van der Waals surface area contributed by atoms with Gasteiger partial charge in [0.15, 0.2) is 5.65 Å². The summed E-state index contributed by atoms with van der Waals surface area (Å²) in [6.07, 6.45) is 2.23. The Balaban J connectivity index is 2.17. The van der Waals surface area contributed by atoms with Gasteiger partial charge in [-0.05, 0) is 25.0 Å². The molecule has 86 valence electrons. The summed E-state index contributed by atoms with van der Waals surface area (Å²) in [6.45, 7) is 4.41. The number of aryl methyl sites for hydroxylation is 1. The third-order valence-corrected chi connectivity index (χ3v) is 2.52. The second-order valence-corrected chi connectivity index (χ2v) is 3.84. The quantitative estimate of drug-likeness (QED) is 0.813. The second-order valence-electron chi connectivity index (χ2n) is 3.84. The monoisotopic (exact) mass is 220 g/mol. The molecule has 0 amide bonds. The Labute approximate surface area is 94.1 Å². The van der Waals surface area contributed by atoms with Gasteiger partial charge in [-0.15, -0.1) is 5.10 Å². The van der Waals surface area contributed by atoms with Crippen LogP contribution in [-0.2, 0) is 0 Å². The molecule has 0 fully saturated rings. The zero-order valence-electron chi connectivity index (χ0n) is 9.51. The number of anilines is 1. The lowest BCUT2D eigenvalue weighted by molar-refractivity contribution is 0.183. The molecule has 2 aromatic heterocycles. The Hall–Kier alpha value is -1.62. The van der Waals surface area contributed by atoms with E-state index >= 15 is 0 Å². The molecule has 0 aromatic carbocycles. The zero-order chi connectivity index (χ0) is 11.5. The van der Waals surface area contributed by atoms with Crippen molar-refractivity contribution >= 4 is 11.6 Å². The number of nitrogens with one attached hydrogen (secondary N) is 1. The van der Waals surface area contributed by atoms with E-state index in [0.717, 1.165) is 17.6 Å². The van der Waals surface area contributed by atoms with Gasteiger partial charge in [-0.25, -0.2) is 4.52 Å². The fourth-order valence-corrected chi connectivity index (χ4v) is 1.47. The summed E-state index contributed by atoms with van der Waals surface area (Å²) in [4.78, 5) is 4.35. The molecule has 2 N–H and O–H groups in total. The van der Waals surface area contributed by atoms with E-state index in [0.29, 0.717) is 12.5 Å². The van der Waals surface area contributed by atoms with Crippen LogP contribution in [0.3, 0.4) is 0 Å². The molecule has 0 aliphatic heterocycles. The normalized spacial score (nSPS) is 12.9. The minimum absolute atomic E-state index is 0.354. The maximum Gasteiger partial charge on any atom is 0.243 e. The molecule has 0 radical (unpaired) electrons. The van der Waals surface area contributed by atoms with Crippen LogP contribution in [0.5, 0.6) is 0 Å². The van der Waals surface area contributed by atoms with Crippen LogP contribution in [0.2, 0.25) is 0 Å². The average Bonchev–Trinajstić information content (AvgIpc) is 2.70. The van der Waals surface area contributed by atoms with E-state index in [2.05, 4.69) is 15.4 Å². The fraction of sp³-hybridized carbons (Fsp3) is 0.455. The third-order valence-electron chi connectivity index (χ3n) is 2.52. The Kier molecular flexibility index (Phi) is 3.05. The van der Waals surface area contributed by atoms with Gasteiger partial charge < -0.3 is 10.4 Å². The predicted molar refractivity (Wildman–Crippen MR) is 62.5 cm³/mol. The Morgan fingerprint density at radius 3 is 3.06 bits per heavy atom. The number of aliphatic hydroxyl groups is 1. The molecule has 1 unspecified atom stereocenters. The number of nitrogens with zero attached hydrogens (tertiary/aromatic N) is 3. The van der Waals surface area contributed by atoms with Crippen LogP contribution in [0.15, 0.2) is 18.3 Å². The van der Waals surface area contributed by atoms with E-state index in [9.17, 15) is 5.11 Å². The van der Waals surface area contributed by atoms with Crippen molar-refractivity contribution in [2.45, 2.75) is 26.4 Å². The summed E-state index contributed by atoms with van der Waals surface area (Å²) in [7, 11) is 0. The highest BCUT2D eigenvalue weighted by Gasteiger charge is 2.06. The lowest BCUT2D eigenvalue weighted by Crippen LogP contribution is -2.18. The molecule has 0 bridgehead atoms. The van der Waals surface area contributed by atoms with Gasteiger partial charge in [0.05, 0.1) is 6.10 Å². The fourth-order valence-electron chi connectivity index (χ4n) is 1.47. The number of rotatable bonds is 4. The van der Waals surface area contributed by atoms with Gasteiger partial charge in [-0.3, -0.25) is 0 Å². The molecule has 0 spiro atoms. The smallest absolute Gasteiger partial charge is 0.243 e. The predicted octanol–water partition coefficient (Wildman–Crippen LogP) is 1.22. The van der Waals surface area contributed by atoms with Crippen molar-refractivity contribution in [2.24, 2.45) is 0 Å². The molecule has 0 aliphatic rings. The van der Waals surface area contributed by atoms with Crippen LogP contribution >= 0.6 is 0 Å². The molecule has 0 saturated heterocycles. The molecule has 2 rings (SSSR count). The van der Waals surface area contributed by atoms with Crippen LogP contribution in [-0.4, -0.2) is 32.4 Å². The first kappa shape index (κ1) is 10.9. The third kappa shape index (κ3) is 2.14. The van der Waals surface area contributed by atoms with E-state index in [1.165, 1.54) is 0 Å². The first-order valence-electron chi connectivity index (χ1n) is 5.44. The van der Waals surface area contributed by atoms with Gasteiger partial charge >= 0.3 is 0 Å². The second kappa shape index (κ2) is 4.49. The minimum atomic E-state index is -0.354. The Bertz CT molecular complexity index is 480. The van der Waals surface area contributed by atoms with Gasteiger partial charge in [0.1, 0.15) is 0 Å². The summed E-state index contributed by atoms with van der Waals surface area (Å²) in [5.74, 6) is 0.557. The van der Waals surface area contributed by atoms with Crippen molar-refractivity contribution in [1.29, 1.82) is 0 Å². The molecule has 0 saturated carbocycles. The van der Waals surface area contributed by atoms with Crippen molar-refractivity contribution in [2.75, 3.05) is 11.9 Å². The summed E-state index contributed by atoms with van der Waals surface area (Å²) >= 11 is 0. The Morgan fingerprint density at radius 1 is 1.56 bits per heavy atom. The van der Waals surface area contributed by atoms with Crippen LogP contribution in [0.1, 0.15) is 18.9 Å². The van der Waals surface area contributed by atoms with Gasteiger partial charge in [0.2, 0.25) is 5.95 Å². The van der Waals surface area contributed by atoms with E-state index in [4.69, 9.17) is 0 Å². The molecule has 2 heterocycles. The van der Waals surface area contributed by atoms with Gasteiger partial charge in [0.25, 0.3) is 0 Å². The molecule has 1 atom stereocenters. The van der Waals surface area contributed by atoms with Gasteiger partial charge in [-0.1, -0.05) is 13.0 Å². The van der Waals surface area contributed by atoms with Crippen molar-refractivity contribution in [3.05, 3.63) is 23.9 Å². The molecule has 5 nitrogen and oxygen atoms in total. The lowest BCUT2D eigenvalue weighted by Gasteiger charge is -2.06. The van der Waals surface area contributed by atoms with Crippen LogP contribution in [0.4, 0.5) is 5.95 Å². The highest BCUT2D eigenvalue weighted by atomic mass is 16.3. The van der Waals surface area contributed by atoms with Crippen molar-refractivity contribution in [3.63, 3.8) is 0 Å². The summed E-state index contributed by atoms with van der Waals surface area (Å²) < 4.78 is 1.73. The summed E-state index contributed by atoms with van der Waals surface area (Å²) in [5.41, 5.74) is 1.93. The van der Waals surface area contributed by atoms with E-state index in [1.54, 1.807) is 4.52 Å². The first-order chi connectivity index (χ1) is 7.70. The molecule has 0 aliphatic carbocycles. The van der Waals surface area contributed by atoms with E-state index in [-0.39, 0.29) is 6.10 Å². The van der Waals surface area contributed by atoms with Crippen LogP contribution in [0, 0.1) is 6.92 Å². The SMILES string of the molecule is CCC(O)CNc1nc2c(C)cccn2n1. The number of hydrogen-bond acceptors (Lipinski definition) is 4. The number of aliphatic hydroxyl groups excluding tert-OH is 1.